The maximum absolute atomic E-state index is 9.10. The van der Waals surface area contributed by atoms with Crippen molar-refractivity contribution in [2.24, 2.45) is 0 Å². The second-order valence-electron chi connectivity index (χ2n) is 3.76. The van der Waals surface area contributed by atoms with Gasteiger partial charge >= 0.3 is 23.5 Å². The first-order chi connectivity index (χ1) is 10.2. The molecule has 16 heteroatoms. The Morgan fingerprint density at radius 1 is 0.667 bits per heavy atom. The van der Waals surface area contributed by atoms with Crippen LogP contribution in [0.1, 0.15) is 11.1 Å². The second-order valence-corrected chi connectivity index (χ2v) is 6.84. The number of rotatable bonds is 0. The minimum atomic E-state index is -4.64. The molecule has 0 bridgehead atoms. The van der Waals surface area contributed by atoms with Crippen LogP contribution in [0.3, 0.4) is 0 Å². The van der Waals surface area contributed by atoms with Crippen molar-refractivity contribution in [2.45, 2.75) is 13.8 Å². The SMILES string of the molecule is Cc1cccc(O)c1C.O=P(O)(O)O.O=P(O)(O)O.O=P(O)(O)O. The molecule has 0 fully saturated rings. The Bertz CT molecular complexity index is 519. The molecular formula is C8H19O13P3. The van der Waals surface area contributed by atoms with E-state index in [1.807, 2.05) is 26.0 Å². The average Bonchev–Trinajstić information content (AvgIpc) is 2.18. The fraction of sp³-hybridized carbons (Fsp3) is 0.250. The standard InChI is InChI=1S/C8H10O.3H3O4P/c1-6-4-3-5-8(9)7(6)2;3*1-5(2,3)4/h3-5,9H,1-2H3;3*(H3,1,2,3,4). The molecule has 0 spiro atoms. The first kappa shape index (κ1) is 28.2. The molecule has 1 aromatic carbocycles. The number of hydrogen-bond acceptors (Lipinski definition) is 4. The second kappa shape index (κ2) is 11.8. The van der Waals surface area contributed by atoms with Crippen molar-refractivity contribution in [3.63, 3.8) is 0 Å². The molecule has 0 saturated carbocycles. The maximum Gasteiger partial charge on any atom is 0.466 e. The molecule has 0 aliphatic heterocycles. The summed E-state index contributed by atoms with van der Waals surface area (Å²) in [6.45, 7) is 3.89. The van der Waals surface area contributed by atoms with Gasteiger partial charge in [0.1, 0.15) is 5.75 Å². The van der Waals surface area contributed by atoms with Crippen molar-refractivity contribution >= 4 is 23.5 Å². The fourth-order valence-corrected chi connectivity index (χ4v) is 0.736. The summed E-state index contributed by atoms with van der Waals surface area (Å²) in [6, 6.07) is 5.52. The maximum atomic E-state index is 9.10. The van der Waals surface area contributed by atoms with Gasteiger partial charge in [0, 0.05) is 0 Å². The zero-order valence-electron chi connectivity index (χ0n) is 12.3. The summed E-state index contributed by atoms with van der Waals surface area (Å²) in [6.07, 6.45) is 0. The van der Waals surface area contributed by atoms with Crippen LogP contribution in [0.2, 0.25) is 0 Å². The quantitative estimate of drug-likeness (QED) is 0.233. The molecule has 1 rings (SSSR count). The van der Waals surface area contributed by atoms with Gasteiger partial charge in [-0.05, 0) is 31.0 Å². The molecule has 144 valence electrons. The predicted molar refractivity (Wildman–Crippen MR) is 80.4 cm³/mol. The highest BCUT2D eigenvalue weighted by atomic mass is 31.2. The molecule has 0 unspecified atom stereocenters. The Hall–Kier alpha value is -0.650. The number of benzene rings is 1. The normalized spacial score (nSPS) is 11.0. The van der Waals surface area contributed by atoms with E-state index in [9.17, 15) is 0 Å². The van der Waals surface area contributed by atoms with E-state index < -0.39 is 23.5 Å². The largest absolute Gasteiger partial charge is 0.508 e. The van der Waals surface area contributed by atoms with E-state index in [2.05, 4.69) is 0 Å². The Morgan fingerprint density at radius 3 is 1.08 bits per heavy atom. The van der Waals surface area contributed by atoms with Gasteiger partial charge in [0.2, 0.25) is 0 Å². The molecule has 24 heavy (non-hydrogen) atoms. The summed E-state index contributed by atoms with van der Waals surface area (Å²) in [5.74, 6) is 0.384. The lowest BCUT2D eigenvalue weighted by atomic mass is 10.1. The predicted octanol–water partition coefficient (Wildman–Crippen LogP) is -0.777. The van der Waals surface area contributed by atoms with Gasteiger partial charge < -0.3 is 49.1 Å². The third-order valence-corrected chi connectivity index (χ3v) is 1.58. The van der Waals surface area contributed by atoms with E-state index in [4.69, 9.17) is 62.8 Å². The highest BCUT2D eigenvalue weighted by Crippen LogP contribution is 2.26. The molecule has 0 amide bonds. The zero-order chi connectivity index (χ0) is 20.4. The van der Waals surface area contributed by atoms with Crippen LogP contribution < -0.4 is 0 Å². The molecule has 10 N–H and O–H groups in total. The van der Waals surface area contributed by atoms with Gasteiger partial charge in [-0.15, -0.1) is 0 Å². The summed E-state index contributed by atoms with van der Waals surface area (Å²) in [5.41, 5.74) is 2.10. The average molecular weight is 416 g/mol. The minimum Gasteiger partial charge on any atom is -0.508 e. The van der Waals surface area contributed by atoms with Crippen molar-refractivity contribution in [2.75, 3.05) is 0 Å². The van der Waals surface area contributed by atoms with Crippen molar-refractivity contribution in [3.05, 3.63) is 29.3 Å². The number of aromatic hydroxyl groups is 1. The van der Waals surface area contributed by atoms with E-state index in [-0.39, 0.29) is 0 Å². The number of phenols is 1. The van der Waals surface area contributed by atoms with Crippen LogP contribution in [0, 0.1) is 13.8 Å². The third-order valence-electron chi connectivity index (χ3n) is 1.58. The molecule has 0 radical (unpaired) electrons. The molecule has 1 aromatic rings. The fourth-order valence-electron chi connectivity index (χ4n) is 0.736. The summed E-state index contributed by atoms with van der Waals surface area (Å²) in [7, 11) is -13.9. The van der Waals surface area contributed by atoms with E-state index in [1.165, 1.54) is 0 Å². The lowest BCUT2D eigenvalue weighted by Gasteiger charge is -1.99. The van der Waals surface area contributed by atoms with Crippen LogP contribution in [0.5, 0.6) is 5.75 Å². The highest BCUT2D eigenvalue weighted by Gasteiger charge is 2.01. The smallest absolute Gasteiger partial charge is 0.466 e. The van der Waals surface area contributed by atoms with Gasteiger partial charge in [-0.3, -0.25) is 0 Å². The third kappa shape index (κ3) is 49.6. The highest BCUT2D eigenvalue weighted by molar-refractivity contribution is 7.45. The monoisotopic (exact) mass is 416 g/mol. The van der Waals surface area contributed by atoms with Crippen LogP contribution in [-0.4, -0.2) is 49.1 Å². The van der Waals surface area contributed by atoms with E-state index in [0.29, 0.717) is 5.75 Å². The minimum absolute atomic E-state index is 0.384. The van der Waals surface area contributed by atoms with Gasteiger partial charge in [0.25, 0.3) is 0 Å². The van der Waals surface area contributed by atoms with Crippen LogP contribution in [-0.2, 0) is 13.7 Å². The van der Waals surface area contributed by atoms with Gasteiger partial charge in [-0.2, -0.15) is 0 Å². The van der Waals surface area contributed by atoms with E-state index in [1.54, 1.807) is 6.07 Å². The van der Waals surface area contributed by atoms with E-state index in [0.717, 1.165) is 11.1 Å². The van der Waals surface area contributed by atoms with Crippen molar-refractivity contribution in [1.29, 1.82) is 0 Å². The Labute approximate surface area is 136 Å². The lowest BCUT2D eigenvalue weighted by Crippen LogP contribution is -1.78. The van der Waals surface area contributed by atoms with Gasteiger partial charge in [-0.1, -0.05) is 12.1 Å². The number of aryl methyl sites for hydroxylation is 1. The van der Waals surface area contributed by atoms with Gasteiger partial charge in [0.15, 0.2) is 0 Å². The van der Waals surface area contributed by atoms with Crippen LogP contribution in [0.4, 0.5) is 0 Å². The summed E-state index contributed by atoms with van der Waals surface area (Å²) >= 11 is 0. The molecule has 0 aliphatic carbocycles. The van der Waals surface area contributed by atoms with Crippen molar-refractivity contribution in [1.82, 2.24) is 0 Å². The Balaban J connectivity index is -0.000000259. The zero-order valence-corrected chi connectivity index (χ0v) is 15.0. The molecule has 0 atom stereocenters. The first-order valence-electron chi connectivity index (χ1n) is 5.32. The topological polar surface area (TPSA) is 254 Å². The first-order valence-corrected chi connectivity index (χ1v) is 10.0. The number of hydrogen-bond donors (Lipinski definition) is 10. The summed E-state index contributed by atoms with van der Waals surface area (Å²) in [4.78, 5) is 64.7. The molecule has 13 nitrogen and oxygen atoms in total. The summed E-state index contributed by atoms with van der Waals surface area (Å²) in [5, 5.41) is 9.10. The Morgan fingerprint density at radius 2 is 0.917 bits per heavy atom. The van der Waals surface area contributed by atoms with Crippen molar-refractivity contribution in [3.8, 4) is 5.75 Å². The molecule has 0 aromatic heterocycles. The number of phosphoric acid groups is 3. The molecule has 0 heterocycles. The van der Waals surface area contributed by atoms with E-state index >= 15 is 0 Å². The Kier molecular flexibility index (Phi) is 13.9. The molecule has 0 aliphatic rings. The van der Waals surface area contributed by atoms with Crippen molar-refractivity contribution < 1.29 is 62.8 Å². The van der Waals surface area contributed by atoms with Gasteiger partial charge in [0.05, 0.1) is 0 Å². The molecule has 0 saturated heterocycles. The molecular weight excluding hydrogens is 397 g/mol. The van der Waals surface area contributed by atoms with Crippen LogP contribution in [0.15, 0.2) is 18.2 Å². The summed E-state index contributed by atoms with van der Waals surface area (Å²) < 4.78 is 26.6. The number of phenolic OH excluding ortho intramolecular Hbond substituents is 1. The van der Waals surface area contributed by atoms with Gasteiger partial charge in [-0.25, -0.2) is 13.7 Å². The lowest BCUT2D eigenvalue weighted by molar-refractivity contribution is 0.272. The van der Waals surface area contributed by atoms with Crippen LogP contribution in [0.25, 0.3) is 0 Å². The van der Waals surface area contributed by atoms with Crippen LogP contribution >= 0.6 is 23.5 Å².